The monoisotopic (exact) mass is 510 g/mol. The minimum absolute atomic E-state index is 0. The van der Waals surface area contributed by atoms with Gasteiger partial charge < -0.3 is 14.6 Å². The van der Waals surface area contributed by atoms with Crippen molar-refractivity contribution < 1.29 is 4.42 Å². The van der Waals surface area contributed by atoms with E-state index in [1.807, 2.05) is 12.1 Å². The molecule has 2 aromatic rings. The Bertz CT molecular complexity index is 702. The Morgan fingerprint density at radius 3 is 2.48 bits per heavy atom. The third kappa shape index (κ3) is 4.82. The van der Waals surface area contributed by atoms with Gasteiger partial charge in [-0.05, 0) is 78.1 Å². The summed E-state index contributed by atoms with van der Waals surface area (Å²) in [6.45, 7) is 4.57. The maximum Gasteiger partial charge on any atom is 0.135 e. The minimum atomic E-state index is 0. The summed E-state index contributed by atoms with van der Waals surface area (Å²) in [6.07, 6.45) is 2.68. The van der Waals surface area contributed by atoms with Crippen molar-refractivity contribution in [2.45, 2.75) is 25.4 Å². The van der Waals surface area contributed by atoms with Gasteiger partial charge in [-0.1, -0.05) is 15.9 Å². The second kappa shape index (κ2) is 9.25. The molecular formula is C18H22Br2Cl2N2O. The Morgan fingerprint density at radius 1 is 1.08 bits per heavy atom. The molecule has 0 saturated carbocycles. The second-order valence-corrected chi connectivity index (χ2v) is 8.29. The standard InChI is InChI=1S/C18H20Br2N2O.2ClH/c19-13-1-3-15(16(20)9-13)18-4-2-14(23-18)10-21-17-11-22-7-5-12(17)6-8-22;;/h1-4,9,12,17,21H,5-8,10-11H2;2*1H. The van der Waals surface area contributed by atoms with Crippen LogP contribution in [0.2, 0.25) is 0 Å². The molecule has 3 fully saturated rings. The highest BCUT2D eigenvalue weighted by atomic mass is 79.9. The van der Waals surface area contributed by atoms with E-state index in [0.29, 0.717) is 6.04 Å². The lowest BCUT2D eigenvalue weighted by Crippen LogP contribution is -2.55. The summed E-state index contributed by atoms with van der Waals surface area (Å²) >= 11 is 7.09. The van der Waals surface area contributed by atoms with Crippen molar-refractivity contribution in [2.75, 3.05) is 19.6 Å². The molecule has 3 aliphatic rings. The van der Waals surface area contributed by atoms with E-state index in [1.165, 1.54) is 32.5 Å². The van der Waals surface area contributed by atoms with Crippen LogP contribution in [0.3, 0.4) is 0 Å². The molecule has 1 aromatic carbocycles. The van der Waals surface area contributed by atoms with Crippen LogP contribution in [0.1, 0.15) is 18.6 Å². The Balaban J connectivity index is 0.00000113. The van der Waals surface area contributed by atoms with Crippen LogP contribution in [0, 0.1) is 5.92 Å². The van der Waals surface area contributed by atoms with Crippen LogP contribution in [-0.2, 0) is 6.54 Å². The molecule has 0 spiro atoms. The molecule has 1 aromatic heterocycles. The normalized spacial score (nSPS) is 24.5. The van der Waals surface area contributed by atoms with Gasteiger partial charge in [0, 0.05) is 27.1 Å². The highest BCUT2D eigenvalue weighted by Crippen LogP contribution is 2.32. The van der Waals surface area contributed by atoms with Gasteiger partial charge in [0.2, 0.25) is 0 Å². The molecule has 1 N–H and O–H groups in total. The molecule has 0 amide bonds. The Labute approximate surface area is 178 Å². The maximum absolute atomic E-state index is 6.04. The van der Waals surface area contributed by atoms with Crippen LogP contribution in [0.4, 0.5) is 0 Å². The molecule has 0 aliphatic carbocycles. The average molecular weight is 513 g/mol. The molecule has 7 heteroatoms. The van der Waals surface area contributed by atoms with Gasteiger partial charge in [0.1, 0.15) is 11.5 Å². The summed E-state index contributed by atoms with van der Waals surface area (Å²) in [5.41, 5.74) is 1.09. The van der Waals surface area contributed by atoms with Crippen LogP contribution in [-0.4, -0.2) is 30.6 Å². The SMILES string of the molecule is Brc1ccc(-c2ccc(CNC3CN4CCC3CC4)o2)c(Br)c1.Cl.Cl. The summed E-state index contributed by atoms with van der Waals surface area (Å²) in [4.78, 5) is 2.57. The number of benzene rings is 1. The number of nitrogens with zero attached hydrogens (tertiary/aromatic N) is 1. The summed E-state index contributed by atoms with van der Waals surface area (Å²) < 4.78 is 8.14. The lowest BCUT2D eigenvalue weighted by molar-refractivity contribution is 0.0711. The molecule has 25 heavy (non-hydrogen) atoms. The van der Waals surface area contributed by atoms with Crippen molar-refractivity contribution in [3.8, 4) is 11.3 Å². The quantitative estimate of drug-likeness (QED) is 0.586. The van der Waals surface area contributed by atoms with E-state index < -0.39 is 0 Å². The van der Waals surface area contributed by atoms with Crippen LogP contribution in [0.15, 0.2) is 43.7 Å². The molecule has 3 saturated heterocycles. The number of nitrogens with one attached hydrogen (secondary N) is 1. The second-order valence-electron chi connectivity index (χ2n) is 6.52. The van der Waals surface area contributed by atoms with Crippen molar-refractivity contribution in [3.05, 3.63) is 45.0 Å². The first-order valence-electron chi connectivity index (χ1n) is 8.19. The van der Waals surface area contributed by atoms with Crippen molar-refractivity contribution in [1.29, 1.82) is 0 Å². The molecule has 5 rings (SSSR count). The molecule has 138 valence electrons. The zero-order valence-electron chi connectivity index (χ0n) is 13.7. The number of rotatable bonds is 4. The topological polar surface area (TPSA) is 28.4 Å². The third-order valence-corrected chi connectivity index (χ3v) is 6.20. The van der Waals surface area contributed by atoms with Crippen molar-refractivity contribution in [1.82, 2.24) is 10.2 Å². The van der Waals surface area contributed by atoms with Crippen molar-refractivity contribution >= 4 is 56.7 Å². The van der Waals surface area contributed by atoms with Gasteiger partial charge in [0.25, 0.3) is 0 Å². The fourth-order valence-electron chi connectivity index (χ4n) is 3.74. The van der Waals surface area contributed by atoms with E-state index in [4.69, 9.17) is 4.42 Å². The summed E-state index contributed by atoms with van der Waals surface area (Å²) in [5, 5.41) is 3.70. The first-order chi connectivity index (χ1) is 11.2. The molecule has 0 radical (unpaired) electrons. The van der Waals surface area contributed by atoms with Gasteiger partial charge in [-0.15, -0.1) is 24.8 Å². The molecule has 3 nitrogen and oxygen atoms in total. The summed E-state index contributed by atoms with van der Waals surface area (Å²) in [6, 6.07) is 10.9. The van der Waals surface area contributed by atoms with Crippen LogP contribution >= 0.6 is 56.7 Å². The first-order valence-corrected chi connectivity index (χ1v) is 9.77. The van der Waals surface area contributed by atoms with E-state index in [9.17, 15) is 0 Å². The molecular weight excluding hydrogens is 491 g/mol. The number of hydrogen-bond acceptors (Lipinski definition) is 3. The van der Waals surface area contributed by atoms with E-state index in [2.05, 4.69) is 60.3 Å². The van der Waals surface area contributed by atoms with Gasteiger partial charge in [-0.25, -0.2) is 0 Å². The van der Waals surface area contributed by atoms with Crippen LogP contribution < -0.4 is 5.32 Å². The van der Waals surface area contributed by atoms with Gasteiger partial charge >= 0.3 is 0 Å². The summed E-state index contributed by atoms with van der Waals surface area (Å²) in [7, 11) is 0. The van der Waals surface area contributed by atoms with E-state index in [-0.39, 0.29) is 24.8 Å². The smallest absolute Gasteiger partial charge is 0.135 e. The number of piperidine rings is 3. The predicted octanol–water partition coefficient (Wildman–Crippen LogP) is 5.50. The zero-order chi connectivity index (χ0) is 15.8. The van der Waals surface area contributed by atoms with Gasteiger partial charge in [-0.2, -0.15) is 0 Å². The fourth-order valence-corrected chi connectivity index (χ4v) is 4.98. The number of hydrogen-bond donors (Lipinski definition) is 1. The molecule has 4 heterocycles. The number of furan rings is 1. The van der Waals surface area contributed by atoms with E-state index >= 15 is 0 Å². The molecule has 2 bridgehead atoms. The Morgan fingerprint density at radius 2 is 1.84 bits per heavy atom. The van der Waals surface area contributed by atoms with E-state index in [0.717, 1.165) is 38.5 Å². The average Bonchev–Trinajstić information content (AvgIpc) is 3.03. The van der Waals surface area contributed by atoms with Crippen LogP contribution in [0.5, 0.6) is 0 Å². The third-order valence-electron chi connectivity index (χ3n) is 5.05. The molecule has 1 atom stereocenters. The Kier molecular flexibility index (Phi) is 7.86. The van der Waals surface area contributed by atoms with E-state index in [1.54, 1.807) is 0 Å². The lowest BCUT2D eigenvalue weighted by atomic mass is 9.84. The molecule has 3 aliphatic heterocycles. The fraction of sp³-hybridized carbons (Fsp3) is 0.444. The highest BCUT2D eigenvalue weighted by molar-refractivity contribution is 9.11. The van der Waals surface area contributed by atoms with Crippen LogP contribution in [0.25, 0.3) is 11.3 Å². The predicted molar refractivity (Wildman–Crippen MR) is 114 cm³/mol. The number of halogens is 4. The maximum atomic E-state index is 6.04. The summed E-state index contributed by atoms with van der Waals surface area (Å²) in [5.74, 6) is 2.76. The van der Waals surface area contributed by atoms with Crippen molar-refractivity contribution in [2.24, 2.45) is 5.92 Å². The van der Waals surface area contributed by atoms with Crippen molar-refractivity contribution in [3.63, 3.8) is 0 Å². The zero-order valence-corrected chi connectivity index (χ0v) is 18.5. The molecule has 1 unspecified atom stereocenters. The largest absolute Gasteiger partial charge is 0.460 e. The number of fused-ring (bicyclic) bond motifs is 3. The van der Waals surface area contributed by atoms with Gasteiger partial charge in [-0.3, -0.25) is 0 Å². The lowest BCUT2D eigenvalue weighted by Gasteiger charge is -2.45. The highest BCUT2D eigenvalue weighted by Gasteiger charge is 2.33. The van der Waals surface area contributed by atoms with Gasteiger partial charge in [0.05, 0.1) is 6.54 Å². The van der Waals surface area contributed by atoms with Gasteiger partial charge in [0.15, 0.2) is 0 Å². The Hall–Kier alpha value is -0.0400. The first kappa shape index (κ1) is 21.3. The minimum Gasteiger partial charge on any atom is -0.460 e.